The fraction of sp³-hybridized carbons (Fsp3) is 0.429. The summed E-state index contributed by atoms with van der Waals surface area (Å²) in [5.74, 6) is 0.130. The van der Waals surface area contributed by atoms with Gasteiger partial charge in [0, 0.05) is 11.9 Å². The van der Waals surface area contributed by atoms with Gasteiger partial charge >= 0.3 is 0 Å². The van der Waals surface area contributed by atoms with Crippen LogP contribution in [0.3, 0.4) is 0 Å². The van der Waals surface area contributed by atoms with Crippen molar-refractivity contribution in [1.82, 2.24) is 0 Å². The molecule has 0 radical (unpaired) electrons. The van der Waals surface area contributed by atoms with Crippen molar-refractivity contribution in [1.29, 1.82) is 0 Å². The summed E-state index contributed by atoms with van der Waals surface area (Å²) >= 11 is 1.38. The van der Waals surface area contributed by atoms with Gasteiger partial charge in [0.1, 0.15) is 11.9 Å². The average molecular weight is 186 g/mol. The topological polar surface area (TPSA) is 78.5 Å². The Morgan fingerprint density at radius 2 is 2.42 bits per heavy atom. The van der Waals surface area contributed by atoms with Crippen LogP contribution in [0.2, 0.25) is 0 Å². The van der Waals surface area contributed by atoms with Crippen LogP contribution in [0.15, 0.2) is 5.38 Å². The first-order chi connectivity index (χ1) is 5.70. The molecule has 0 saturated carbocycles. The number of aliphatic hydroxyl groups is 1. The second kappa shape index (κ2) is 2.62. The van der Waals surface area contributed by atoms with Gasteiger partial charge in [0.15, 0.2) is 0 Å². The second-order valence-corrected chi connectivity index (χ2v) is 3.73. The molecule has 1 aliphatic rings. The van der Waals surface area contributed by atoms with Gasteiger partial charge in [-0.3, -0.25) is 0 Å². The summed E-state index contributed by atoms with van der Waals surface area (Å²) < 4.78 is 0. The molecule has 12 heavy (non-hydrogen) atoms. The van der Waals surface area contributed by atoms with E-state index in [4.69, 9.17) is 5.73 Å². The molecule has 5 N–H and O–H groups in total. The highest BCUT2D eigenvalue weighted by Crippen LogP contribution is 2.41. The Kier molecular flexibility index (Phi) is 1.71. The van der Waals surface area contributed by atoms with Gasteiger partial charge in [-0.1, -0.05) is 0 Å². The van der Waals surface area contributed by atoms with Crippen LogP contribution in [0.4, 0.5) is 5.00 Å². The number of aliphatic hydroxyl groups excluding tert-OH is 1. The zero-order chi connectivity index (χ0) is 8.72. The molecule has 2 atom stereocenters. The van der Waals surface area contributed by atoms with E-state index in [0.717, 1.165) is 5.00 Å². The number of fused-ring (bicyclic) bond motifs is 1. The number of hydrogen-bond acceptors (Lipinski definition) is 5. The fourth-order valence-electron chi connectivity index (χ4n) is 1.32. The van der Waals surface area contributed by atoms with E-state index in [1.807, 2.05) is 0 Å². The minimum atomic E-state index is -0.743. The lowest BCUT2D eigenvalue weighted by atomic mass is 10.0. The van der Waals surface area contributed by atoms with Crippen molar-refractivity contribution in [2.75, 3.05) is 11.9 Å². The van der Waals surface area contributed by atoms with Crippen LogP contribution in [-0.2, 0) is 0 Å². The molecule has 5 heteroatoms. The Bertz CT molecular complexity index is 300. The highest BCUT2D eigenvalue weighted by atomic mass is 32.1. The Hall–Kier alpha value is -0.780. The quantitative estimate of drug-likeness (QED) is 0.468. The van der Waals surface area contributed by atoms with Crippen LogP contribution in [0.1, 0.15) is 11.7 Å². The van der Waals surface area contributed by atoms with Crippen LogP contribution < -0.4 is 11.1 Å². The van der Waals surface area contributed by atoms with Crippen molar-refractivity contribution < 1.29 is 10.2 Å². The van der Waals surface area contributed by atoms with Crippen LogP contribution in [-0.4, -0.2) is 22.8 Å². The first-order valence-corrected chi connectivity index (χ1v) is 4.56. The Labute approximate surface area is 73.6 Å². The molecule has 1 aromatic heterocycles. The third-order valence-corrected chi connectivity index (χ3v) is 2.95. The molecule has 0 amide bonds. The van der Waals surface area contributed by atoms with Crippen molar-refractivity contribution in [3.05, 3.63) is 10.9 Å². The SMILES string of the molecule is NC1CNc2scc(O)c2C1O. The summed E-state index contributed by atoms with van der Waals surface area (Å²) in [4.78, 5) is 0. The zero-order valence-corrected chi connectivity index (χ0v) is 7.14. The third kappa shape index (κ3) is 0.979. The highest BCUT2D eigenvalue weighted by molar-refractivity contribution is 7.14. The van der Waals surface area contributed by atoms with Gasteiger partial charge in [-0.25, -0.2) is 0 Å². The molecular formula is C7H10N2O2S. The van der Waals surface area contributed by atoms with Crippen LogP contribution >= 0.6 is 11.3 Å². The zero-order valence-electron chi connectivity index (χ0n) is 6.32. The number of nitrogens with one attached hydrogen (secondary N) is 1. The summed E-state index contributed by atoms with van der Waals surface area (Å²) in [5, 5.41) is 24.4. The maximum atomic E-state index is 9.58. The summed E-state index contributed by atoms with van der Waals surface area (Å²) in [7, 11) is 0. The van der Waals surface area contributed by atoms with E-state index in [0.29, 0.717) is 12.1 Å². The van der Waals surface area contributed by atoms with Crippen molar-refractivity contribution in [3.8, 4) is 5.75 Å². The van der Waals surface area contributed by atoms with E-state index in [2.05, 4.69) is 5.32 Å². The lowest BCUT2D eigenvalue weighted by Crippen LogP contribution is -2.38. The predicted molar refractivity (Wildman–Crippen MR) is 47.4 cm³/mol. The Morgan fingerprint density at radius 1 is 1.67 bits per heavy atom. The van der Waals surface area contributed by atoms with Crippen LogP contribution in [0, 0.1) is 0 Å². The molecule has 0 saturated heterocycles. The number of nitrogens with two attached hydrogens (primary N) is 1. The number of aromatic hydroxyl groups is 1. The molecule has 2 rings (SSSR count). The first kappa shape index (κ1) is 7.85. The van der Waals surface area contributed by atoms with Crippen molar-refractivity contribution >= 4 is 16.3 Å². The number of thiophene rings is 1. The van der Waals surface area contributed by atoms with Crippen molar-refractivity contribution in [3.63, 3.8) is 0 Å². The molecule has 0 fully saturated rings. The minimum Gasteiger partial charge on any atom is -0.507 e. The lowest BCUT2D eigenvalue weighted by molar-refractivity contribution is 0.145. The van der Waals surface area contributed by atoms with Gasteiger partial charge in [0.2, 0.25) is 0 Å². The molecule has 4 nitrogen and oxygen atoms in total. The molecule has 2 heterocycles. The van der Waals surface area contributed by atoms with Gasteiger partial charge in [-0.15, -0.1) is 11.3 Å². The lowest BCUT2D eigenvalue weighted by Gasteiger charge is -2.25. The molecule has 1 aliphatic heterocycles. The summed E-state index contributed by atoms with van der Waals surface area (Å²) in [6.07, 6.45) is -0.743. The molecule has 2 unspecified atom stereocenters. The van der Waals surface area contributed by atoms with Crippen LogP contribution in [0.5, 0.6) is 5.75 Å². The smallest absolute Gasteiger partial charge is 0.134 e. The van der Waals surface area contributed by atoms with Gasteiger partial charge in [0.05, 0.1) is 16.6 Å². The minimum absolute atomic E-state index is 0.130. The first-order valence-electron chi connectivity index (χ1n) is 3.68. The van der Waals surface area contributed by atoms with E-state index < -0.39 is 6.10 Å². The van der Waals surface area contributed by atoms with Crippen molar-refractivity contribution in [2.24, 2.45) is 5.73 Å². The number of rotatable bonds is 0. The molecule has 0 spiro atoms. The molecule has 66 valence electrons. The normalized spacial score (nSPS) is 27.8. The largest absolute Gasteiger partial charge is 0.507 e. The van der Waals surface area contributed by atoms with E-state index in [9.17, 15) is 10.2 Å². The molecule has 0 aliphatic carbocycles. The number of anilines is 1. The third-order valence-electron chi connectivity index (χ3n) is 2.01. The standard InChI is InChI=1S/C7H10N2O2S/c8-3-1-9-7-5(6(3)11)4(10)2-12-7/h2-3,6,9-11H,1,8H2. The van der Waals surface area contributed by atoms with E-state index >= 15 is 0 Å². The maximum Gasteiger partial charge on any atom is 0.134 e. The average Bonchev–Trinajstić information content (AvgIpc) is 2.41. The molecule has 1 aromatic rings. The van der Waals surface area contributed by atoms with Gasteiger partial charge in [-0.05, 0) is 0 Å². The highest BCUT2D eigenvalue weighted by Gasteiger charge is 2.28. The van der Waals surface area contributed by atoms with Gasteiger partial charge < -0.3 is 21.3 Å². The van der Waals surface area contributed by atoms with Crippen molar-refractivity contribution in [2.45, 2.75) is 12.1 Å². The van der Waals surface area contributed by atoms with E-state index in [1.165, 1.54) is 11.3 Å². The summed E-state index contributed by atoms with van der Waals surface area (Å²) in [6.45, 7) is 0.550. The summed E-state index contributed by atoms with van der Waals surface area (Å²) in [5.41, 5.74) is 6.14. The molecule has 0 aromatic carbocycles. The Morgan fingerprint density at radius 3 is 3.17 bits per heavy atom. The predicted octanol–water partition coefficient (Wildman–Crippen LogP) is 0.240. The van der Waals surface area contributed by atoms with E-state index in [1.54, 1.807) is 5.38 Å². The Balaban J connectivity index is 2.45. The fourth-order valence-corrected chi connectivity index (χ4v) is 2.19. The number of hydrogen-bond donors (Lipinski definition) is 4. The van der Waals surface area contributed by atoms with Crippen LogP contribution in [0.25, 0.3) is 0 Å². The van der Waals surface area contributed by atoms with E-state index in [-0.39, 0.29) is 11.8 Å². The maximum absolute atomic E-state index is 9.58. The molecular weight excluding hydrogens is 176 g/mol. The second-order valence-electron chi connectivity index (χ2n) is 2.85. The summed E-state index contributed by atoms with van der Waals surface area (Å²) in [6, 6.07) is -0.335. The molecule has 0 bridgehead atoms. The van der Waals surface area contributed by atoms with Gasteiger partial charge in [-0.2, -0.15) is 0 Å². The monoisotopic (exact) mass is 186 g/mol. The van der Waals surface area contributed by atoms with Gasteiger partial charge in [0.25, 0.3) is 0 Å².